The maximum atomic E-state index is 13.1. The molecule has 1 unspecified atom stereocenters. The zero-order chi connectivity index (χ0) is 14.5. The first-order valence-electron chi connectivity index (χ1n) is 6.83. The van der Waals surface area contributed by atoms with Crippen LogP contribution in [0.3, 0.4) is 0 Å². The summed E-state index contributed by atoms with van der Waals surface area (Å²) in [6, 6.07) is 7.00. The fourth-order valence-corrected chi connectivity index (χ4v) is 3.47. The van der Waals surface area contributed by atoms with Crippen LogP contribution in [0.2, 0.25) is 5.02 Å². The number of nitrogens with one attached hydrogen (secondary N) is 1. The number of benzene rings is 1. The van der Waals surface area contributed by atoms with Crippen molar-refractivity contribution in [2.75, 3.05) is 6.54 Å². The van der Waals surface area contributed by atoms with E-state index >= 15 is 0 Å². The standard InChI is InChI=1S/C16H19ClFNS/c1-3-7-19-15(16-11(2)6-8-20-16)9-12-4-5-13(18)10-14(12)17/h4-6,8,10,15,19H,3,7,9H2,1-2H3. The Morgan fingerprint density at radius 2 is 2.15 bits per heavy atom. The lowest BCUT2D eigenvalue weighted by atomic mass is 10.0. The van der Waals surface area contributed by atoms with Crippen LogP contribution in [0.5, 0.6) is 0 Å². The van der Waals surface area contributed by atoms with E-state index in [1.165, 1.54) is 22.6 Å². The van der Waals surface area contributed by atoms with Crippen LogP contribution in [-0.2, 0) is 6.42 Å². The van der Waals surface area contributed by atoms with Crippen LogP contribution < -0.4 is 5.32 Å². The average Bonchev–Trinajstić information content (AvgIpc) is 2.83. The summed E-state index contributed by atoms with van der Waals surface area (Å²) in [5, 5.41) is 6.17. The van der Waals surface area contributed by atoms with Crippen molar-refractivity contribution in [1.29, 1.82) is 0 Å². The predicted molar refractivity (Wildman–Crippen MR) is 85.2 cm³/mol. The summed E-state index contributed by atoms with van der Waals surface area (Å²) in [5.74, 6) is -0.288. The first-order valence-corrected chi connectivity index (χ1v) is 8.09. The summed E-state index contributed by atoms with van der Waals surface area (Å²) in [6.07, 6.45) is 1.86. The molecule has 0 aliphatic heterocycles. The lowest BCUT2D eigenvalue weighted by molar-refractivity contribution is 0.534. The summed E-state index contributed by atoms with van der Waals surface area (Å²) < 4.78 is 13.1. The Hall–Kier alpha value is -0.900. The predicted octanol–water partition coefficient (Wildman–Crippen LogP) is 5.13. The van der Waals surface area contributed by atoms with Gasteiger partial charge in [-0.1, -0.05) is 24.6 Å². The highest BCUT2D eigenvalue weighted by molar-refractivity contribution is 7.10. The summed E-state index contributed by atoms with van der Waals surface area (Å²) in [4.78, 5) is 1.33. The number of rotatable bonds is 6. The summed E-state index contributed by atoms with van der Waals surface area (Å²) >= 11 is 7.90. The third kappa shape index (κ3) is 3.81. The topological polar surface area (TPSA) is 12.0 Å². The molecule has 0 spiro atoms. The van der Waals surface area contributed by atoms with Gasteiger partial charge in [0.05, 0.1) is 0 Å². The van der Waals surface area contributed by atoms with Gasteiger partial charge in [-0.05, 0) is 61.0 Å². The molecular weight excluding hydrogens is 293 g/mol. The van der Waals surface area contributed by atoms with Crippen LogP contribution in [0.25, 0.3) is 0 Å². The molecule has 0 aliphatic rings. The highest BCUT2D eigenvalue weighted by Gasteiger charge is 2.16. The third-order valence-corrected chi connectivity index (χ3v) is 4.78. The second kappa shape index (κ2) is 7.21. The molecule has 4 heteroatoms. The molecule has 0 aliphatic carbocycles. The maximum Gasteiger partial charge on any atom is 0.124 e. The Morgan fingerprint density at radius 1 is 1.35 bits per heavy atom. The SMILES string of the molecule is CCCNC(Cc1ccc(F)cc1Cl)c1sccc1C. The second-order valence-electron chi connectivity index (χ2n) is 4.91. The number of thiophene rings is 1. The van der Waals surface area contributed by atoms with E-state index in [9.17, 15) is 4.39 Å². The molecule has 0 fully saturated rings. The number of halogens is 2. The van der Waals surface area contributed by atoms with E-state index in [-0.39, 0.29) is 11.9 Å². The third-order valence-electron chi connectivity index (χ3n) is 3.30. The van der Waals surface area contributed by atoms with Gasteiger partial charge in [0.15, 0.2) is 0 Å². The molecule has 2 aromatic rings. The molecule has 1 N–H and O–H groups in total. The van der Waals surface area contributed by atoms with E-state index in [2.05, 4.69) is 30.6 Å². The van der Waals surface area contributed by atoms with Gasteiger partial charge in [-0.3, -0.25) is 0 Å². The van der Waals surface area contributed by atoms with Crippen LogP contribution in [-0.4, -0.2) is 6.54 Å². The molecule has 2 rings (SSSR count). The van der Waals surface area contributed by atoms with Gasteiger partial charge in [-0.25, -0.2) is 4.39 Å². The van der Waals surface area contributed by atoms with E-state index in [1.807, 2.05) is 0 Å². The Bertz CT molecular complexity index is 567. The van der Waals surface area contributed by atoms with Crippen molar-refractivity contribution in [2.45, 2.75) is 32.7 Å². The summed E-state index contributed by atoms with van der Waals surface area (Å²) in [7, 11) is 0. The van der Waals surface area contributed by atoms with Gasteiger partial charge in [0.1, 0.15) is 5.82 Å². The van der Waals surface area contributed by atoms with Gasteiger partial charge in [-0.15, -0.1) is 11.3 Å². The average molecular weight is 312 g/mol. The van der Waals surface area contributed by atoms with Crippen molar-refractivity contribution in [1.82, 2.24) is 5.32 Å². The van der Waals surface area contributed by atoms with E-state index < -0.39 is 0 Å². The summed E-state index contributed by atoms with van der Waals surface area (Å²) in [5.41, 5.74) is 2.27. The molecule has 1 atom stereocenters. The Kier molecular flexibility index (Phi) is 5.58. The Morgan fingerprint density at radius 3 is 2.75 bits per heavy atom. The summed E-state index contributed by atoms with van der Waals surface area (Å²) in [6.45, 7) is 5.23. The number of hydrogen-bond acceptors (Lipinski definition) is 2. The molecule has 0 bridgehead atoms. The van der Waals surface area contributed by atoms with E-state index in [0.717, 1.165) is 24.9 Å². The molecule has 0 saturated heterocycles. The van der Waals surface area contributed by atoms with Crippen molar-refractivity contribution in [3.63, 3.8) is 0 Å². The molecule has 0 amide bonds. The van der Waals surface area contributed by atoms with Crippen LogP contribution in [0.15, 0.2) is 29.6 Å². The quantitative estimate of drug-likeness (QED) is 0.779. The van der Waals surface area contributed by atoms with Gasteiger partial charge in [-0.2, -0.15) is 0 Å². The monoisotopic (exact) mass is 311 g/mol. The van der Waals surface area contributed by atoms with E-state index in [0.29, 0.717) is 5.02 Å². The van der Waals surface area contributed by atoms with Crippen LogP contribution >= 0.6 is 22.9 Å². The molecule has 20 heavy (non-hydrogen) atoms. The van der Waals surface area contributed by atoms with Gasteiger partial charge in [0, 0.05) is 15.9 Å². The van der Waals surface area contributed by atoms with Gasteiger partial charge in [0.2, 0.25) is 0 Å². The van der Waals surface area contributed by atoms with Gasteiger partial charge in [0.25, 0.3) is 0 Å². The van der Waals surface area contributed by atoms with Crippen molar-refractivity contribution >= 4 is 22.9 Å². The Labute approximate surface area is 128 Å². The molecule has 108 valence electrons. The lowest BCUT2D eigenvalue weighted by Gasteiger charge is -2.19. The first kappa shape index (κ1) is 15.5. The van der Waals surface area contributed by atoms with Gasteiger partial charge >= 0.3 is 0 Å². The molecule has 1 heterocycles. The van der Waals surface area contributed by atoms with Crippen molar-refractivity contribution in [2.24, 2.45) is 0 Å². The smallest absolute Gasteiger partial charge is 0.124 e. The van der Waals surface area contributed by atoms with E-state index in [1.54, 1.807) is 17.4 Å². The van der Waals surface area contributed by atoms with E-state index in [4.69, 9.17) is 11.6 Å². The van der Waals surface area contributed by atoms with Crippen molar-refractivity contribution < 1.29 is 4.39 Å². The first-order chi connectivity index (χ1) is 9.61. The fourth-order valence-electron chi connectivity index (χ4n) is 2.22. The highest BCUT2D eigenvalue weighted by atomic mass is 35.5. The number of hydrogen-bond donors (Lipinski definition) is 1. The molecule has 1 aromatic carbocycles. The number of aryl methyl sites for hydroxylation is 1. The normalized spacial score (nSPS) is 12.6. The van der Waals surface area contributed by atoms with Gasteiger partial charge < -0.3 is 5.32 Å². The second-order valence-corrected chi connectivity index (χ2v) is 6.27. The van der Waals surface area contributed by atoms with Crippen LogP contribution in [0.4, 0.5) is 4.39 Å². The molecule has 0 radical (unpaired) electrons. The molecular formula is C16H19ClFNS. The zero-order valence-corrected chi connectivity index (χ0v) is 13.3. The zero-order valence-electron chi connectivity index (χ0n) is 11.7. The largest absolute Gasteiger partial charge is 0.309 e. The minimum absolute atomic E-state index is 0.234. The minimum Gasteiger partial charge on any atom is -0.309 e. The highest BCUT2D eigenvalue weighted by Crippen LogP contribution is 2.29. The van der Waals surface area contributed by atoms with Crippen molar-refractivity contribution in [3.8, 4) is 0 Å². The minimum atomic E-state index is -0.288. The molecule has 1 aromatic heterocycles. The fraction of sp³-hybridized carbons (Fsp3) is 0.375. The lowest BCUT2D eigenvalue weighted by Crippen LogP contribution is -2.24. The molecule has 1 nitrogen and oxygen atoms in total. The molecule has 0 saturated carbocycles. The van der Waals surface area contributed by atoms with Crippen LogP contribution in [0, 0.1) is 12.7 Å². The van der Waals surface area contributed by atoms with Crippen molar-refractivity contribution in [3.05, 3.63) is 56.5 Å². The Balaban J connectivity index is 2.21. The van der Waals surface area contributed by atoms with Crippen LogP contribution in [0.1, 0.15) is 35.4 Å². The maximum absolute atomic E-state index is 13.1.